The van der Waals surface area contributed by atoms with Gasteiger partial charge < -0.3 is 9.80 Å². The van der Waals surface area contributed by atoms with E-state index in [1.54, 1.807) is 22.3 Å². The van der Waals surface area contributed by atoms with Crippen LogP contribution in [-0.2, 0) is 16.0 Å². The summed E-state index contributed by atoms with van der Waals surface area (Å²) in [4.78, 5) is 31.4. The van der Waals surface area contributed by atoms with E-state index in [2.05, 4.69) is 25.3 Å². The number of thiophene rings is 1. The van der Waals surface area contributed by atoms with Gasteiger partial charge in [-0.05, 0) is 54.0 Å². The molecule has 7 heteroatoms. The van der Waals surface area contributed by atoms with E-state index in [1.165, 1.54) is 4.88 Å². The van der Waals surface area contributed by atoms with Gasteiger partial charge in [-0.2, -0.15) is 0 Å². The summed E-state index contributed by atoms with van der Waals surface area (Å²) in [5.41, 5.74) is 1.99. The molecular formula is C25H32Cl2N2O2S. The second-order valence-corrected chi connectivity index (χ2v) is 10.2. The fourth-order valence-electron chi connectivity index (χ4n) is 4.23. The summed E-state index contributed by atoms with van der Waals surface area (Å²) in [6, 6.07) is 7.28. The first kappa shape index (κ1) is 25.1. The van der Waals surface area contributed by atoms with Crippen molar-refractivity contribution in [2.24, 2.45) is 0 Å². The second-order valence-electron chi connectivity index (χ2n) is 8.33. The molecule has 3 rings (SSSR count). The zero-order chi connectivity index (χ0) is 23.1. The van der Waals surface area contributed by atoms with Crippen LogP contribution in [0.3, 0.4) is 0 Å². The molecule has 1 aliphatic rings. The molecule has 1 aromatic carbocycles. The number of hydrogen-bond acceptors (Lipinski definition) is 3. The Morgan fingerprint density at radius 1 is 1.09 bits per heavy atom. The Balaban J connectivity index is 1.85. The minimum Gasteiger partial charge on any atom is -0.333 e. The minimum absolute atomic E-state index is 0.0285. The molecule has 0 saturated heterocycles. The normalized spacial score (nSPS) is 15.5. The molecular weight excluding hydrogens is 463 g/mol. The molecule has 0 saturated carbocycles. The van der Waals surface area contributed by atoms with Crippen molar-refractivity contribution in [3.05, 3.63) is 55.7 Å². The third kappa shape index (κ3) is 6.06. The number of carbonyl (C=O) groups is 2. The van der Waals surface area contributed by atoms with Gasteiger partial charge in [0.25, 0.3) is 0 Å². The maximum absolute atomic E-state index is 13.6. The van der Waals surface area contributed by atoms with Gasteiger partial charge in [0.1, 0.15) is 0 Å². The van der Waals surface area contributed by atoms with Gasteiger partial charge in [-0.3, -0.25) is 9.59 Å². The SMILES string of the molecule is CCCCCN(CC(=O)N1CCc2sccc2C1c1ccc(Cl)cc1Cl)C(=O)CCCC. The highest BCUT2D eigenvalue weighted by Gasteiger charge is 2.35. The molecule has 1 atom stereocenters. The van der Waals surface area contributed by atoms with Crippen LogP contribution in [0.2, 0.25) is 10.0 Å². The lowest BCUT2D eigenvalue weighted by atomic mass is 9.93. The number of carbonyl (C=O) groups excluding carboxylic acids is 2. The lowest BCUT2D eigenvalue weighted by Gasteiger charge is -2.38. The number of benzene rings is 1. The molecule has 0 spiro atoms. The van der Waals surface area contributed by atoms with Crippen molar-refractivity contribution in [2.45, 2.75) is 64.8 Å². The Labute approximate surface area is 205 Å². The van der Waals surface area contributed by atoms with E-state index < -0.39 is 0 Å². The molecule has 0 bridgehead atoms. The zero-order valence-corrected chi connectivity index (χ0v) is 21.2. The average molecular weight is 496 g/mol. The van der Waals surface area contributed by atoms with E-state index in [-0.39, 0.29) is 24.4 Å². The van der Waals surface area contributed by atoms with Crippen molar-refractivity contribution < 1.29 is 9.59 Å². The van der Waals surface area contributed by atoms with Crippen LogP contribution in [0.4, 0.5) is 0 Å². The minimum atomic E-state index is -0.259. The maximum atomic E-state index is 13.6. The van der Waals surface area contributed by atoms with Crippen molar-refractivity contribution in [2.75, 3.05) is 19.6 Å². The molecule has 1 unspecified atom stereocenters. The topological polar surface area (TPSA) is 40.6 Å². The Kier molecular flexibility index (Phi) is 9.45. The summed E-state index contributed by atoms with van der Waals surface area (Å²) in [5, 5.41) is 3.20. The van der Waals surface area contributed by atoms with E-state index in [1.807, 2.05) is 17.0 Å². The van der Waals surface area contributed by atoms with Crippen molar-refractivity contribution in [3.8, 4) is 0 Å². The molecule has 0 N–H and O–H groups in total. The second kappa shape index (κ2) is 12.1. The first-order valence-corrected chi connectivity index (χ1v) is 13.2. The van der Waals surface area contributed by atoms with Crippen LogP contribution < -0.4 is 0 Å². The molecule has 0 aliphatic carbocycles. The largest absolute Gasteiger partial charge is 0.333 e. The third-order valence-corrected chi connectivity index (χ3v) is 7.56. The summed E-state index contributed by atoms with van der Waals surface area (Å²) in [6.07, 6.45) is 6.18. The molecule has 174 valence electrons. The van der Waals surface area contributed by atoms with E-state index >= 15 is 0 Å². The monoisotopic (exact) mass is 494 g/mol. The third-order valence-electron chi connectivity index (χ3n) is 6.00. The van der Waals surface area contributed by atoms with Crippen LogP contribution in [0, 0.1) is 0 Å². The fourth-order valence-corrected chi connectivity index (χ4v) is 5.64. The van der Waals surface area contributed by atoms with E-state index in [4.69, 9.17) is 23.2 Å². The molecule has 32 heavy (non-hydrogen) atoms. The summed E-state index contributed by atoms with van der Waals surface area (Å²) >= 11 is 14.4. The first-order chi connectivity index (χ1) is 15.5. The van der Waals surface area contributed by atoms with Gasteiger partial charge in [-0.25, -0.2) is 0 Å². The number of nitrogens with zero attached hydrogens (tertiary/aromatic N) is 2. The Morgan fingerprint density at radius 3 is 2.59 bits per heavy atom. The quantitative estimate of drug-likeness (QED) is 0.343. The number of rotatable bonds is 10. The molecule has 2 heterocycles. The smallest absolute Gasteiger partial charge is 0.242 e. The van der Waals surface area contributed by atoms with Crippen LogP contribution in [0.25, 0.3) is 0 Å². The number of amides is 2. The van der Waals surface area contributed by atoms with E-state index in [0.29, 0.717) is 29.6 Å². The molecule has 1 aliphatic heterocycles. The van der Waals surface area contributed by atoms with E-state index in [9.17, 15) is 9.59 Å². The summed E-state index contributed by atoms with van der Waals surface area (Å²) < 4.78 is 0. The molecule has 0 fully saturated rings. The Hall–Kier alpha value is -1.56. The number of halogens is 2. The van der Waals surface area contributed by atoms with Crippen LogP contribution in [0.15, 0.2) is 29.6 Å². The highest BCUT2D eigenvalue weighted by molar-refractivity contribution is 7.10. The lowest BCUT2D eigenvalue weighted by molar-refractivity contribution is -0.141. The van der Waals surface area contributed by atoms with Crippen LogP contribution in [0.5, 0.6) is 0 Å². The highest BCUT2D eigenvalue weighted by Crippen LogP contribution is 2.41. The molecule has 1 aromatic heterocycles. The zero-order valence-electron chi connectivity index (χ0n) is 18.9. The van der Waals surface area contributed by atoms with Gasteiger partial charge in [0.2, 0.25) is 11.8 Å². The summed E-state index contributed by atoms with van der Waals surface area (Å²) in [5.74, 6) is 0.0461. The fraction of sp³-hybridized carbons (Fsp3) is 0.520. The van der Waals surface area contributed by atoms with Crippen molar-refractivity contribution in [3.63, 3.8) is 0 Å². The summed E-state index contributed by atoms with van der Waals surface area (Å²) in [6.45, 7) is 5.58. The number of fused-ring (bicyclic) bond motifs is 1. The van der Waals surface area contributed by atoms with Gasteiger partial charge in [-0.15, -0.1) is 11.3 Å². The Morgan fingerprint density at radius 2 is 1.88 bits per heavy atom. The van der Waals surface area contributed by atoms with Gasteiger partial charge in [0.05, 0.1) is 12.6 Å². The lowest BCUT2D eigenvalue weighted by Crippen LogP contribution is -2.47. The highest BCUT2D eigenvalue weighted by atomic mass is 35.5. The van der Waals surface area contributed by atoms with Crippen molar-refractivity contribution >= 4 is 46.4 Å². The predicted octanol–water partition coefficient (Wildman–Crippen LogP) is 6.74. The standard InChI is InChI=1S/C25H32Cl2N2O2S/c1-3-5-7-13-28(23(30)8-6-4-2)17-24(31)29-14-11-22-20(12-15-32-22)25(29)19-10-9-18(26)16-21(19)27/h9-10,12,15-16,25H,3-8,11,13-14,17H2,1-2H3. The molecule has 2 aromatic rings. The van der Waals surface area contributed by atoms with Crippen LogP contribution >= 0.6 is 34.5 Å². The van der Waals surface area contributed by atoms with Crippen molar-refractivity contribution in [1.82, 2.24) is 9.80 Å². The van der Waals surface area contributed by atoms with Crippen LogP contribution in [0.1, 0.15) is 74.4 Å². The maximum Gasteiger partial charge on any atom is 0.242 e. The number of hydrogen-bond donors (Lipinski definition) is 0. The van der Waals surface area contributed by atoms with Crippen LogP contribution in [-0.4, -0.2) is 41.2 Å². The van der Waals surface area contributed by atoms with Crippen molar-refractivity contribution in [1.29, 1.82) is 0 Å². The molecule has 2 amide bonds. The van der Waals surface area contributed by atoms with Gasteiger partial charge in [0.15, 0.2) is 0 Å². The Bertz CT molecular complexity index is 930. The van der Waals surface area contributed by atoms with Gasteiger partial charge in [0, 0.05) is 34.4 Å². The average Bonchev–Trinajstić information content (AvgIpc) is 3.25. The molecule has 4 nitrogen and oxygen atoms in total. The van der Waals surface area contributed by atoms with Gasteiger partial charge in [-0.1, -0.05) is 62.4 Å². The predicted molar refractivity (Wildman–Crippen MR) is 134 cm³/mol. The number of unbranched alkanes of at least 4 members (excludes halogenated alkanes) is 3. The van der Waals surface area contributed by atoms with E-state index in [0.717, 1.165) is 49.7 Å². The first-order valence-electron chi connectivity index (χ1n) is 11.5. The molecule has 0 radical (unpaired) electrons. The summed E-state index contributed by atoms with van der Waals surface area (Å²) in [7, 11) is 0. The van der Waals surface area contributed by atoms with Gasteiger partial charge >= 0.3 is 0 Å².